The molecule has 3 nitrogen and oxygen atoms in total. The summed E-state index contributed by atoms with van der Waals surface area (Å²) in [7, 11) is 0. The van der Waals surface area contributed by atoms with Gasteiger partial charge in [0.05, 0.1) is 17.6 Å². The van der Waals surface area contributed by atoms with Crippen LogP contribution in [0.25, 0.3) is 0 Å². The number of hydrogen-bond donors (Lipinski definition) is 1. The topological polar surface area (TPSA) is 43.8 Å². The first-order valence-electron chi connectivity index (χ1n) is 3.42. The molecule has 0 unspecified atom stereocenters. The van der Waals surface area contributed by atoms with E-state index >= 15 is 0 Å². The van der Waals surface area contributed by atoms with E-state index in [9.17, 15) is 0 Å². The predicted octanol–water partition coefficient (Wildman–Crippen LogP) is 2.20. The summed E-state index contributed by atoms with van der Waals surface area (Å²) in [6, 6.07) is 0.400. The van der Waals surface area contributed by atoms with Crippen LogP contribution in [-0.4, -0.2) is 9.78 Å². The Morgan fingerprint density at radius 2 is 1.92 bits per heavy atom. The van der Waals surface area contributed by atoms with Gasteiger partial charge in [-0.1, -0.05) is 0 Å². The lowest BCUT2D eigenvalue weighted by Gasteiger charge is -2.06. The second kappa shape index (κ2) is 5.27. The molecule has 0 amide bonds. The van der Waals surface area contributed by atoms with Gasteiger partial charge < -0.3 is 5.73 Å². The van der Waals surface area contributed by atoms with E-state index in [1.165, 1.54) is 0 Å². The van der Waals surface area contributed by atoms with Crippen molar-refractivity contribution in [3.05, 3.63) is 11.9 Å². The molecule has 0 spiro atoms. The Kier molecular flexibility index (Phi) is 6.21. The Hall–Kier alpha value is -0.410. The first-order chi connectivity index (χ1) is 4.63. The third-order valence-electron chi connectivity index (χ3n) is 1.57. The third kappa shape index (κ3) is 2.57. The molecule has 0 bridgehead atoms. The van der Waals surface area contributed by atoms with Crippen molar-refractivity contribution in [2.45, 2.75) is 26.8 Å². The highest BCUT2D eigenvalue weighted by Crippen LogP contribution is 2.13. The van der Waals surface area contributed by atoms with Gasteiger partial charge in [0.2, 0.25) is 0 Å². The predicted molar refractivity (Wildman–Crippen MR) is 56.3 cm³/mol. The highest BCUT2D eigenvalue weighted by Gasteiger charge is 2.04. The number of nitrogens with zero attached hydrogens (tertiary/aromatic N) is 2. The van der Waals surface area contributed by atoms with Crippen molar-refractivity contribution in [3.63, 3.8) is 0 Å². The van der Waals surface area contributed by atoms with E-state index in [4.69, 9.17) is 5.73 Å². The average Bonchev–Trinajstić information content (AvgIpc) is 2.14. The number of rotatable bonds is 1. The molecule has 2 N–H and O–H groups in total. The summed E-state index contributed by atoms with van der Waals surface area (Å²) < 4.78 is 1.91. The Balaban J connectivity index is 0. The minimum atomic E-state index is 0. The van der Waals surface area contributed by atoms with Gasteiger partial charge >= 0.3 is 0 Å². The molecule has 0 atom stereocenters. The van der Waals surface area contributed by atoms with Gasteiger partial charge in [-0.05, 0) is 20.8 Å². The molecule has 0 aliphatic carbocycles. The zero-order valence-corrected chi connectivity index (χ0v) is 9.08. The van der Waals surface area contributed by atoms with E-state index in [-0.39, 0.29) is 24.8 Å². The Labute approximate surface area is 85.1 Å². The van der Waals surface area contributed by atoms with Crippen molar-refractivity contribution in [2.24, 2.45) is 0 Å². The van der Waals surface area contributed by atoms with Crippen molar-refractivity contribution in [3.8, 4) is 0 Å². The molecule has 0 aromatic carbocycles. The minimum absolute atomic E-state index is 0. The molecule has 1 aromatic rings. The molecule has 0 aliphatic heterocycles. The lowest BCUT2D eigenvalue weighted by Crippen LogP contribution is -2.04. The van der Waals surface area contributed by atoms with Gasteiger partial charge in [-0.2, -0.15) is 5.10 Å². The van der Waals surface area contributed by atoms with Crippen molar-refractivity contribution in [1.82, 2.24) is 9.78 Å². The molecule has 72 valence electrons. The molecule has 0 saturated carbocycles. The second-order valence-electron chi connectivity index (χ2n) is 2.72. The fraction of sp³-hybridized carbons (Fsp3) is 0.571. The minimum Gasteiger partial charge on any atom is -0.396 e. The Morgan fingerprint density at radius 1 is 1.42 bits per heavy atom. The van der Waals surface area contributed by atoms with Gasteiger partial charge in [0.15, 0.2) is 0 Å². The van der Waals surface area contributed by atoms with Crippen LogP contribution in [0.5, 0.6) is 0 Å². The average molecular weight is 212 g/mol. The van der Waals surface area contributed by atoms with Gasteiger partial charge in [0.1, 0.15) is 0 Å². The van der Waals surface area contributed by atoms with Crippen molar-refractivity contribution < 1.29 is 0 Å². The van der Waals surface area contributed by atoms with E-state index in [2.05, 4.69) is 18.9 Å². The molecule has 1 rings (SSSR count). The van der Waals surface area contributed by atoms with Crippen LogP contribution in [0, 0.1) is 6.92 Å². The van der Waals surface area contributed by atoms with Crippen LogP contribution >= 0.6 is 24.8 Å². The van der Waals surface area contributed by atoms with Crippen molar-refractivity contribution in [2.75, 3.05) is 5.73 Å². The van der Waals surface area contributed by atoms with Crippen LogP contribution in [-0.2, 0) is 0 Å². The number of halogens is 2. The lowest BCUT2D eigenvalue weighted by molar-refractivity contribution is 0.519. The Morgan fingerprint density at radius 3 is 2.08 bits per heavy atom. The highest BCUT2D eigenvalue weighted by molar-refractivity contribution is 5.85. The quantitative estimate of drug-likeness (QED) is 0.775. The molecule has 1 aromatic heterocycles. The van der Waals surface area contributed by atoms with Crippen molar-refractivity contribution >= 4 is 30.5 Å². The molecule has 5 heteroatoms. The SMILES string of the molecule is Cc1c(N)cnn1C(C)C.Cl.Cl. The van der Waals surface area contributed by atoms with Crippen LogP contribution in [0.3, 0.4) is 0 Å². The number of hydrogen-bond acceptors (Lipinski definition) is 2. The molecule has 0 saturated heterocycles. The maximum absolute atomic E-state index is 5.60. The maximum Gasteiger partial charge on any atom is 0.0730 e. The maximum atomic E-state index is 5.60. The summed E-state index contributed by atoms with van der Waals surface area (Å²) in [6.07, 6.45) is 1.69. The summed E-state index contributed by atoms with van der Waals surface area (Å²) in [5.41, 5.74) is 7.42. The zero-order chi connectivity index (χ0) is 7.72. The number of anilines is 1. The van der Waals surface area contributed by atoms with E-state index in [1.807, 2.05) is 11.6 Å². The normalized spacial score (nSPS) is 9.00. The lowest BCUT2D eigenvalue weighted by atomic mass is 10.3. The summed E-state index contributed by atoms with van der Waals surface area (Å²) in [5.74, 6) is 0. The van der Waals surface area contributed by atoms with Crippen LogP contribution in [0.2, 0.25) is 0 Å². The summed E-state index contributed by atoms with van der Waals surface area (Å²) in [4.78, 5) is 0. The monoisotopic (exact) mass is 211 g/mol. The molecule has 0 radical (unpaired) electrons. The third-order valence-corrected chi connectivity index (χ3v) is 1.57. The van der Waals surface area contributed by atoms with E-state index < -0.39 is 0 Å². The second-order valence-corrected chi connectivity index (χ2v) is 2.72. The zero-order valence-electron chi connectivity index (χ0n) is 7.44. The summed E-state index contributed by atoms with van der Waals surface area (Å²) in [6.45, 7) is 6.14. The fourth-order valence-corrected chi connectivity index (χ4v) is 0.957. The summed E-state index contributed by atoms with van der Waals surface area (Å²) >= 11 is 0. The molecular weight excluding hydrogens is 197 g/mol. The van der Waals surface area contributed by atoms with Gasteiger partial charge in [-0.25, -0.2) is 0 Å². The van der Waals surface area contributed by atoms with Gasteiger partial charge in [0, 0.05) is 6.04 Å². The number of nitrogens with two attached hydrogens (primary N) is 1. The largest absolute Gasteiger partial charge is 0.396 e. The number of nitrogen functional groups attached to an aromatic ring is 1. The highest BCUT2D eigenvalue weighted by atomic mass is 35.5. The molecule has 0 aliphatic rings. The smallest absolute Gasteiger partial charge is 0.0730 e. The molecular formula is C7H15Cl2N3. The van der Waals surface area contributed by atoms with Gasteiger partial charge in [-0.15, -0.1) is 24.8 Å². The first kappa shape index (κ1) is 14.1. The first-order valence-corrected chi connectivity index (χ1v) is 3.42. The molecule has 12 heavy (non-hydrogen) atoms. The molecule has 0 fully saturated rings. The fourth-order valence-electron chi connectivity index (χ4n) is 0.957. The van der Waals surface area contributed by atoms with Gasteiger partial charge in [-0.3, -0.25) is 4.68 Å². The van der Waals surface area contributed by atoms with E-state index in [0.29, 0.717) is 6.04 Å². The van der Waals surface area contributed by atoms with E-state index in [1.54, 1.807) is 6.20 Å². The van der Waals surface area contributed by atoms with Crippen LogP contribution in [0.15, 0.2) is 6.20 Å². The van der Waals surface area contributed by atoms with Crippen molar-refractivity contribution in [1.29, 1.82) is 0 Å². The van der Waals surface area contributed by atoms with Crippen LogP contribution in [0.4, 0.5) is 5.69 Å². The number of aromatic nitrogens is 2. The van der Waals surface area contributed by atoms with E-state index in [0.717, 1.165) is 11.4 Å². The van der Waals surface area contributed by atoms with Gasteiger partial charge in [0.25, 0.3) is 0 Å². The molecule has 1 heterocycles. The van der Waals surface area contributed by atoms with Crippen LogP contribution < -0.4 is 5.73 Å². The standard InChI is InChI=1S/C7H13N3.2ClH/c1-5(2)10-6(3)7(8)4-9-10;;/h4-5H,8H2,1-3H3;2*1H. The van der Waals surface area contributed by atoms with Crippen LogP contribution in [0.1, 0.15) is 25.6 Å². The summed E-state index contributed by atoms with van der Waals surface area (Å²) in [5, 5.41) is 4.11. The Bertz CT molecular complexity index is 233.